The van der Waals surface area contributed by atoms with Crippen LogP contribution in [0, 0.1) is 6.92 Å². The monoisotopic (exact) mass is 379 g/mol. The fourth-order valence-corrected chi connectivity index (χ4v) is 5.42. The molecule has 0 saturated carbocycles. The molecule has 2 aromatic rings. The van der Waals surface area contributed by atoms with Crippen molar-refractivity contribution >= 4 is 21.4 Å². The molecule has 3 rings (SSSR count). The lowest BCUT2D eigenvalue weighted by Crippen LogP contribution is -2.25. The van der Waals surface area contributed by atoms with Crippen LogP contribution in [0.1, 0.15) is 44.0 Å². The zero-order chi connectivity index (χ0) is 18.6. The van der Waals surface area contributed by atoms with Crippen LogP contribution in [0.3, 0.4) is 0 Å². The summed E-state index contributed by atoms with van der Waals surface area (Å²) in [7, 11) is -3.49. The van der Waals surface area contributed by atoms with Crippen molar-refractivity contribution in [2.24, 2.45) is 0 Å². The lowest BCUT2D eigenvalue weighted by atomic mass is 9.85. The van der Waals surface area contributed by atoms with Gasteiger partial charge in [-0.3, -0.25) is 4.79 Å². The lowest BCUT2D eigenvalue weighted by Gasteiger charge is -2.23. The highest BCUT2D eigenvalue weighted by Crippen LogP contribution is 2.35. The van der Waals surface area contributed by atoms with Crippen molar-refractivity contribution in [1.29, 1.82) is 0 Å². The van der Waals surface area contributed by atoms with E-state index in [0.29, 0.717) is 29.3 Å². The van der Waals surface area contributed by atoms with E-state index in [0.717, 1.165) is 16.7 Å². The van der Waals surface area contributed by atoms with Gasteiger partial charge in [-0.15, -0.1) is 0 Å². The first-order chi connectivity index (χ1) is 11.5. The molecule has 134 valence electrons. The SMILES string of the molecule is Cc1cc(C(C)(C)C)c(Cl)cc1-c1cc(=O)c2c([nH]1)CCCS2(=O)=O. The van der Waals surface area contributed by atoms with Gasteiger partial charge in [-0.25, -0.2) is 8.42 Å². The average molecular weight is 380 g/mol. The summed E-state index contributed by atoms with van der Waals surface area (Å²) in [5.74, 6) is 0.0353. The molecule has 0 radical (unpaired) electrons. The Morgan fingerprint density at radius 1 is 1.16 bits per heavy atom. The summed E-state index contributed by atoms with van der Waals surface area (Å²) in [6, 6.07) is 5.26. The number of rotatable bonds is 1. The van der Waals surface area contributed by atoms with Crippen LogP contribution in [0.5, 0.6) is 0 Å². The van der Waals surface area contributed by atoms with Crippen molar-refractivity contribution < 1.29 is 8.42 Å². The van der Waals surface area contributed by atoms with E-state index in [2.05, 4.69) is 25.8 Å². The molecule has 1 aliphatic rings. The molecule has 1 N–H and O–H groups in total. The highest BCUT2D eigenvalue weighted by atomic mass is 35.5. The van der Waals surface area contributed by atoms with E-state index in [1.807, 2.05) is 19.1 Å². The molecule has 0 saturated heterocycles. The first-order valence-corrected chi connectivity index (χ1v) is 10.3. The van der Waals surface area contributed by atoms with Gasteiger partial charge in [0.15, 0.2) is 9.84 Å². The topological polar surface area (TPSA) is 67.0 Å². The van der Waals surface area contributed by atoms with Crippen LogP contribution < -0.4 is 5.43 Å². The van der Waals surface area contributed by atoms with Crippen molar-refractivity contribution in [1.82, 2.24) is 4.98 Å². The molecule has 0 amide bonds. The Morgan fingerprint density at radius 2 is 1.84 bits per heavy atom. The molecule has 4 nitrogen and oxygen atoms in total. The summed E-state index contributed by atoms with van der Waals surface area (Å²) in [4.78, 5) is 15.6. The molecule has 2 heterocycles. The molecule has 6 heteroatoms. The van der Waals surface area contributed by atoms with Gasteiger partial charge in [0.1, 0.15) is 4.90 Å². The van der Waals surface area contributed by atoms with Crippen molar-refractivity contribution in [3.05, 3.63) is 50.3 Å². The number of aromatic nitrogens is 1. The number of halogens is 1. The molecule has 1 aromatic carbocycles. The van der Waals surface area contributed by atoms with Gasteiger partial charge in [-0.2, -0.15) is 0 Å². The predicted octanol–water partition coefficient (Wildman–Crippen LogP) is 4.02. The number of hydrogen-bond acceptors (Lipinski definition) is 3. The van der Waals surface area contributed by atoms with E-state index >= 15 is 0 Å². The summed E-state index contributed by atoms with van der Waals surface area (Å²) in [6.07, 6.45) is 1.09. The fourth-order valence-electron chi connectivity index (χ4n) is 3.35. The first kappa shape index (κ1) is 18.2. The Hall–Kier alpha value is -1.59. The third kappa shape index (κ3) is 3.27. The summed E-state index contributed by atoms with van der Waals surface area (Å²) < 4.78 is 24.4. The number of hydrogen-bond donors (Lipinski definition) is 1. The maximum atomic E-state index is 12.5. The van der Waals surface area contributed by atoms with E-state index in [4.69, 9.17) is 11.6 Å². The molecule has 0 unspecified atom stereocenters. The van der Waals surface area contributed by atoms with Gasteiger partial charge in [-0.1, -0.05) is 38.4 Å². The number of benzene rings is 1. The molecule has 0 spiro atoms. The van der Waals surface area contributed by atoms with Crippen LogP contribution >= 0.6 is 11.6 Å². The zero-order valence-corrected chi connectivity index (χ0v) is 16.4. The minimum absolute atomic E-state index is 0.0353. The van der Waals surface area contributed by atoms with Gasteiger partial charge in [0, 0.05) is 28.0 Å². The predicted molar refractivity (Wildman–Crippen MR) is 101 cm³/mol. The summed E-state index contributed by atoms with van der Waals surface area (Å²) >= 11 is 6.48. The molecule has 1 aliphatic heterocycles. The molecule has 0 aliphatic carbocycles. The van der Waals surface area contributed by atoms with Crippen molar-refractivity contribution in [3.63, 3.8) is 0 Å². The number of aryl methyl sites for hydroxylation is 2. The lowest BCUT2D eigenvalue weighted by molar-refractivity contribution is 0.583. The second-order valence-electron chi connectivity index (χ2n) is 7.67. The zero-order valence-electron chi connectivity index (χ0n) is 14.9. The van der Waals surface area contributed by atoms with E-state index in [1.54, 1.807) is 0 Å². The van der Waals surface area contributed by atoms with Gasteiger partial charge < -0.3 is 4.98 Å². The van der Waals surface area contributed by atoms with Crippen molar-refractivity contribution in [2.45, 2.75) is 50.8 Å². The highest BCUT2D eigenvalue weighted by molar-refractivity contribution is 7.91. The number of pyridine rings is 1. The number of nitrogens with one attached hydrogen (secondary N) is 1. The molecule has 0 bridgehead atoms. The number of H-pyrrole nitrogens is 1. The Bertz CT molecular complexity index is 1010. The quantitative estimate of drug-likeness (QED) is 0.813. The van der Waals surface area contributed by atoms with Crippen molar-refractivity contribution in [3.8, 4) is 11.3 Å². The van der Waals surface area contributed by atoms with Gasteiger partial charge in [0.2, 0.25) is 5.43 Å². The van der Waals surface area contributed by atoms with Crippen LogP contribution in [-0.2, 0) is 21.7 Å². The second kappa shape index (κ2) is 5.99. The summed E-state index contributed by atoms with van der Waals surface area (Å²) in [5, 5.41) is 0.638. The Labute approximate surface area is 153 Å². The average Bonchev–Trinajstić information content (AvgIpc) is 2.46. The van der Waals surface area contributed by atoms with Gasteiger partial charge in [0.05, 0.1) is 5.75 Å². The second-order valence-corrected chi connectivity index (χ2v) is 10.1. The van der Waals surface area contributed by atoms with E-state index in [1.165, 1.54) is 6.07 Å². The van der Waals surface area contributed by atoms with E-state index in [9.17, 15) is 13.2 Å². The van der Waals surface area contributed by atoms with Crippen LogP contribution in [0.4, 0.5) is 0 Å². The number of aromatic amines is 1. The largest absolute Gasteiger partial charge is 0.357 e. The summed E-state index contributed by atoms with van der Waals surface area (Å²) in [5.41, 5.74) is 3.43. The van der Waals surface area contributed by atoms with Crippen LogP contribution in [0.2, 0.25) is 5.02 Å². The standard InChI is InChI=1S/C19H22ClNO3S/c1-11-8-13(19(2,3)4)14(20)9-12(11)16-10-17(22)18-15(21-16)6-5-7-25(18,23)24/h8-10H,5-7H2,1-4H3,(H,21,22). The minimum atomic E-state index is -3.49. The third-order valence-electron chi connectivity index (χ3n) is 4.62. The van der Waals surface area contributed by atoms with Crippen LogP contribution in [0.15, 0.2) is 27.9 Å². The van der Waals surface area contributed by atoms with Crippen LogP contribution in [-0.4, -0.2) is 19.2 Å². The smallest absolute Gasteiger partial charge is 0.201 e. The summed E-state index contributed by atoms with van der Waals surface area (Å²) in [6.45, 7) is 8.26. The third-order valence-corrected chi connectivity index (χ3v) is 6.83. The molecular formula is C19H22ClNO3S. The number of fused-ring (bicyclic) bond motifs is 1. The van der Waals surface area contributed by atoms with Crippen molar-refractivity contribution in [2.75, 3.05) is 5.75 Å². The normalized spacial score (nSPS) is 16.5. The first-order valence-electron chi connectivity index (χ1n) is 8.30. The Kier molecular flexibility index (Phi) is 4.36. The van der Waals surface area contributed by atoms with E-state index in [-0.39, 0.29) is 16.1 Å². The van der Waals surface area contributed by atoms with Gasteiger partial charge in [-0.05, 0) is 42.4 Å². The number of sulfone groups is 1. The fraction of sp³-hybridized carbons (Fsp3) is 0.421. The van der Waals surface area contributed by atoms with Crippen LogP contribution in [0.25, 0.3) is 11.3 Å². The molecule has 25 heavy (non-hydrogen) atoms. The van der Waals surface area contributed by atoms with E-state index < -0.39 is 15.3 Å². The van der Waals surface area contributed by atoms with Gasteiger partial charge in [0.25, 0.3) is 0 Å². The van der Waals surface area contributed by atoms with Gasteiger partial charge >= 0.3 is 0 Å². The molecular weight excluding hydrogens is 358 g/mol. The minimum Gasteiger partial charge on any atom is -0.357 e. The molecule has 1 aromatic heterocycles. The highest BCUT2D eigenvalue weighted by Gasteiger charge is 2.28. The molecule has 0 atom stereocenters. The molecule has 0 fully saturated rings. The maximum Gasteiger partial charge on any atom is 0.201 e. The Balaban J connectivity index is 2.21. The maximum absolute atomic E-state index is 12.5. The Morgan fingerprint density at radius 3 is 2.48 bits per heavy atom.